The predicted molar refractivity (Wildman–Crippen MR) is 344 cm³/mol. The van der Waals surface area contributed by atoms with Crippen LogP contribution in [0, 0.1) is 0 Å². The molecule has 0 saturated heterocycles. The van der Waals surface area contributed by atoms with E-state index < -0.39 is 6.10 Å². The molecule has 0 rings (SSSR count). The van der Waals surface area contributed by atoms with E-state index >= 15 is 0 Å². The highest BCUT2D eigenvalue weighted by molar-refractivity contribution is 5.71. The van der Waals surface area contributed by atoms with Gasteiger partial charge in [0, 0.05) is 19.3 Å². The quantitative estimate of drug-likeness (QED) is 0.0261. The summed E-state index contributed by atoms with van der Waals surface area (Å²) in [5.41, 5.74) is 0. The number of allylic oxidation sites excluding steroid dienone is 2. The molecule has 0 aromatic heterocycles. The van der Waals surface area contributed by atoms with Gasteiger partial charge >= 0.3 is 17.9 Å². The molecule has 0 fully saturated rings. The van der Waals surface area contributed by atoms with E-state index in [9.17, 15) is 14.4 Å². The molecule has 0 aliphatic rings. The molecule has 0 aliphatic carbocycles. The van der Waals surface area contributed by atoms with Gasteiger partial charge in [0.25, 0.3) is 0 Å². The van der Waals surface area contributed by atoms with Gasteiger partial charge in [-0.15, -0.1) is 0 Å². The minimum absolute atomic E-state index is 0.0618. The number of carbonyl (C=O) groups is 3. The standard InChI is InChI=1S/C73H140O6/c1-4-7-10-13-16-19-22-24-26-27-28-29-30-31-32-33-34-35-36-37-38-39-40-41-42-43-44-45-47-48-51-54-57-60-63-66-72(75)78-69-70(68-77-71(74)65-62-59-56-53-50-21-18-15-12-9-6-3)79-73(76)67-64-61-58-55-52-49-46-25-23-20-17-14-11-8-5-2/h27-28,70H,4-26,29-69H2,1-3H3/b28-27-. The van der Waals surface area contributed by atoms with Crippen molar-refractivity contribution in [3.63, 3.8) is 0 Å². The van der Waals surface area contributed by atoms with Crippen LogP contribution in [0.25, 0.3) is 0 Å². The average molecular weight is 1110 g/mol. The first kappa shape index (κ1) is 77.2. The number of ether oxygens (including phenoxy) is 3. The molecule has 0 spiro atoms. The van der Waals surface area contributed by atoms with Crippen molar-refractivity contribution < 1.29 is 28.6 Å². The largest absolute Gasteiger partial charge is 0.462 e. The van der Waals surface area contributed by atoms with Gasteiger partial charge in [-0.1, -0.05) is 367 Å². The van der Waals surface area contributed by atoms with Crippen LogP contribution < -0.4 is 0 Å². The van der Waals surface area contributed by atoms with Gasteiger partial charge in [0.15, 0.2) is 6.10 Å². The van der Waals surface area contributed by atoms with Gasteiger partial charge in [-0.2, -0.15) is 0 Å². The number of unbranched alkanes of at least 4 members (excludes halogenated alkanes) is 55. The van der Waals surface area contributed by atoms with Crippen molar-refractivity contribution in [3.05, 3.63) is 12.2 Å². The van der Waals surface area contributed by atoms with Gasteiger partial charge in [0.2, 0.25) is 0 Å². The zero-order valence-corrected chi connectivity index (χ0v) is 53.9. The smallest absolute Gasteiger partial charge is 0.306 e. The Morgan fingerprint density at radius 2 is 0.418 bits per heavy atom. The van der Waals surface area contributed by atoms with E-state index in [0.29, 0.717) is 19.3 Å². The molecule has 0 N–H and O–H groups in total. The van der Waals surface area contributed by atoms with E-state index in [1.165, 1.54) is 321 Å². The fraction of sp³-hybridized carbons (Fsp3) is 0.932. The van der Waals surface area contributed by atoms with E-state index in [-0.39, 0.29) is 31.1 Å². The SMILES string of the molecule is CCCCCCCCCC/C=C\CCCCCCCCCCCCCCCCCCCCCCCCCC(=O)OCC(COC(=O)CCCCCCCCCCCCC)OC(=O)CCCCCCCCCCCCCCCCC. The Kier molecular flexibility index (Phi) is 67.0. The van der Waals surface area contributed by atoms with Crippen LogP contribution in [0.5, 0.6) is 0 Å². The summed E-state index contributed by atoms with van der Waals surface area (Å²) in [6.45, 7) is 6.71. The van der Waals surface area contributed by atoms with Crippen molar-refractivity contribution in [1.82, 2.24) is 0 Å². The second-order valence-electron chi connectivity index (χ2n) is 24.9. The van der Waals surface area contributed by atoms with Crippen LogP contribution in [-0.4, -0.2) is 37.2 Å². The van der Waals surface area contributed by atoms with E-state index in [1.807, 2.05) is 0 Å². The van der Waals surface area contributed by atoms with Crippen molar-refractivity contribution in [2.45, 2.75) is 425 Å². The third kappa shape index (κ3) is 66.8. The maximum Gasteiger partial charge on any atom is 0.306 e. The lowest BCUT2D eigenvalue weighted by Gasteiger charge is -2.18. The van der Waals surface area contributed by atoms with E-state index in [2.05, 4.69) is 32.9 Å². The van der Waals surface area contributed by atoms with Crippen LogP contribution in [0.1, 0.15) is 419 Å². The monoisotopic (exact) mass is 1110 g/mol. The van der Waals surface area contributed by atoms with Gasteiger partial charge in [0.05, 0.1) is 0 Å². The highest BCUT2D eigenvalue weighted by Crippen LogP contribution is 2.19. The first-order chi connectivity index (χ1) is 39.0. The van der Waals surface area contributed by atoms with Crippen LogP contribution in [0.2, 0.25) is 0 Å². The predicted octanol–water partition coefficient (Wildman–Crippen LogP) is 24.8. The van der Waals surface area contributed by atoms with Crippen LogP contribution >= 0.6 is 0 Å². The molecule has 0 heterocycles. The molecule has 1 atom stereocenters. The molecule has 1 unspecified atom stereocenters. The third-order valence-corrected chi connectivity index (χ3v) is 16.8. The lowest BCUT2D eigenvalue weighted by atomic mass is 10.0. The minimum atomic E-state index is -0.763. The highest BCUT2D eigenvalue weighted by Gasteiger charge is 2.19. The van der Waals surface area contributed by atoms with Crippen molar-refractivity contribution in [2.75, 3.05) is 13.2 Å². The van der Waals surface area contributed by atoms with Gasteiger partial charge < -0.3 is 14.2 Å². The summed E-state index contributed by atoms with van der Waals surface area (Å²) >= 11 is 0. The Hall–Kier alpha value is -1.85. The van der Waals surface area contributed by atoms with Crippen molar-refractivity contribution in [1.29, 1.82) is 0 Å². The van der Waals surface area contributed by atoms with Crippen molar-refractivity contribution in [3.8, 4) is 0 Å². The summed E-state index contributed by atoms with van der Waals surface area (Å²) in [4.78, 5) is 38.3. The average Bonchev–Trinajstić information content (AvgIpc) is 3.45. The van der Waals surface area contributed by atoms with E-state index in [0.717, 1.165) is 57.8 Å². The van der Waals surface area contributed by atoms with Crippen LogP contribution in [-0.2, 0) is 28.6 Å². The molecule has 0 radical (unpaired) electrons. The van der Waals surface area contributed by atoms with Gasteiger partial charge in [-0.3, -0.25) is 14.4 Å². The maximum absolute atomic E-state index is 12.9. The Morgan fingerprint density at radius 3 is 0.633 bits per heavy atom. The number of hydrogen-bond acceptors (Lipinski definition) is 6. The van der Waals surface area contributed by atoms with Crippen LogP contribution in [0.3, 0.4) is 0 Å². The Labute approximate surface area is 494 Å². The zero-order valence-electron chi connectivity index (χ0n) is 53.9. The summed E-state index contributed by atoms with van der Waals surface area (Å²) in [6, 6.07) is 0. The molecule has 0 aliphatic heterocycles. The summed E-state index contributed by atoms with van der Waals surface area (Å²) in [6.07, 6.45) is 82.7. The number of carbonyl (C=O) groups excluding carboxylic acids is 3. The minimum Gasteiger partial charge on any atom is -0.462 e. The van der Waals surface area contributed by atoms with E-state index in [1.54, 1.807) is 0 Å². The molecular formula is C73H140O6. The number of esters is 3. The topological polar surface area (TPSA) is 78.9 Å². The summed E-state index contributed by atoms with van der Waals surface area (Å²) in [7, 11) is 0. The maximum atomic E-state index is 12.9. The second kappa shape index (κ2) is 68.6. The van der Waals surface area contributed by atoms with Crippen LogP contribution in [0.15, 0.2) is 12.2 Å². The summed E-state index contributed by atoms with van der Waals surface area (Å²) < 4.78 is 16.9. The number of rotatable bonds is 68. The lowest BCUT2D eigenvalue weighted by molar-refractivity contribution is -0.167. The Bertz CT molecular complexity index is 1230. The highest BCUT2D eigenvalue weighted by atomic mass is 16.6. The molecule has 79 heavy (non-hydrogen) atoms. The zero-order chi connectivity index (χ0) is 57.1. The van der Waals surface area contributed by atoms with E-state index in [4.69, 9.17) is 14.2 Å². The molecule has 0 aromatic rings. The first-order valence-corrected chi connectivity index (χ1v) is 36.2. The first-order valence-electron chi connectivity index (χ1n) is 36.2. The Morgan fingerprint density at radius 1 is 0.241 bits per heavy atom. The van der Waals surface area contributed by atoms with Gasteiger partial charge in [0.1, 0.15) is 13.2 Å². The molecule has 6 nitrogen and oxygen atoms in total. The molecule has 6 heteroatoms. The van der Waals surface area contributed by atoms with Gasteiger partial charge in [-0.25, -0.2) is 0 Å². The Balaban J connectivity index is 3.98. The fourth-order valence-corrected chi connectivity index (χ4v) is 11.3. The van der Waals surface area contributed by atoms with Gasteiger partial charge in [-0.05, 0) is 44.9 Å². The molecule has 0 amide bonds. The number of hydrogen-bond donors (Lipinski definition) is 0. The van der Waals surface area contributed by atoms with Crippen LogP contribution in [0.4, 0.5) is 0 Å². The molecule has 468 valence electrons. The normalized spacial score (nSPS) is 12.0. The fourth-order valence-electron chi connectivity index (χ4n) is 11.3. The third-order valence-electron chi connectivity index (χ3n) is 16.8. The lowest BCUT2D eigenvalue weighted by Crippen LogP contribution is -2.30. The van der Waals surface area contributed by atoms with Crippen molar-refractivity contribution >= 4 is 17.9 Å². The molecule has 0 aromatic carbocycles. The van der Waals surface area contributed by atoms with Crippen molar-refractivity contribution in [2.24, 2.45) is 0 Å². The second-order valence-corrected chi connectivity index (χ2v) is 24.9. The molecule has 0 bridgehead atoms. The molecule has 0 saturated carbocycles. The molecular weight excluding hydrogens is 973 g/mol. The summed E-state index contributed by atoms with van der Waals surface area (Å²) in [5, 5.41) is 0. The summed E-state index contributed by atoms with van der Waals surface area (Å²) in [5.74, 6) is -0.829.